The Kier molecular flexibility index (Phi) is 4.29. The van der Waals surface area contributed by atoms with Crippen LogP contribution in [0.1, 0.15) is 0 Å². The van der Waals surface area contributed by atoms with Crippen molar-refractivity contribution in [3.63, 3.8) is 0 Å². The zero-order valence-electron chi connectivity index (χ0n) is 6.29. The van der Waals surface area contributed by atoms with Crippen molar-refractivity contribution in [1.29, 1.82) is 0 Å². The van der Waals surface area contributed by atoms with Crippen LogP contribution in [0.25, 0.3) is 0 Å². The maximum Gasteiger partial charge on any atom is 0.171 e. The van der Waals surface area contributed by atoms with Crippen LogP contribution in [-0.4, -0.2) is 62.8 Å². The highest BCUT2D eigenvalue weighted by atomic mass is 16.4. The molecule has 0 saturated carbocycles. The summed E-state index contributed by atoms with van der Waals surface area (Å²) in [7, 11) is 0. The Balaban J connectivity index is 4.40. The van der Waals surface area contributed by atoms with Gasteiger partial charge < -0.3 is 25.5 Å². The maximum atomic E-state index is 10.2. The lowest BCUT2D eigenvalue weighted by atomic mass is 9.95. The second-order valence-corrected chi connectivity index (χ2v) is 2.46. The molecule has 0 radical (unpaired) electrons. The van der Waals surface area contributed by atoms with Crippen LogP contribution in [0.2, 0.25) is 0 Å². The van der Waals surface area contributed by atoms with E-state index in [0.717, 1.165) is 0 Å². The molecule has 0 aliphatic carbocycles. The molecule has 0 unspecified atom stereocenters. The molecule has 0 aromatic carbocycles. The molecular weight excluding hydrogens is 168 g/mol. The van der Waals surface area contributed by atoms with Gasteiger partial charge in [0.2, 0.25) is 0 Å². The van der Waals surface area contributed by atoms with Gasteiger partial charge in [-0.1, -0.05) is 0 Å². The number of rotatable bonds is 5. The maximum absolute atomic E-state index is 10.2. The summed E-state index contributed by atoms with van der Waals surface area (Å²) in [5, 5.41) is 43.6. The van der Waals surface area contributed by atoms with Crippen molar-refractivity contribution in [1.82, 2.24) is 0 Å². The normalized spacial score (nSPS) is 21.1. The Bertz CT molecular complexity index is 149. The Hall–Kier alpha value is -0.530. The van der Waals surface area contributed by atoms with Gasteiger partial charge >= 0.3 is 0 Å². The molecule has 72 valence electrons. The lowest BCUT2D eigenvalue weighted by Crippen LogP contribution is -2.54. The largest absolute Gasteiger partial charge is 0.394 e. The van der Waals surface area contributed by atoms with Crippen molar-refractivity contribution in [3.05, 3.63) is 0 Å². The van der Waals surface area contributed by atoms with Gasteiger partial charge in [0.05, 0.1) is 13.2 Å². The second-order valence-electron chi connectivity index (χ2n) is 2.46. The molecule has 6 nitrogen and oxygen atoms in total. The number of aliphatic hydroxyl groups excluding tert-OH is 4. The van der Waals surface area contributed by atoms with Crippen LogP contribution in [-0.2, 0) is 4.79 Å². The quantitative estimate of drug-likeness (QED) is 0.282. The average molecular weight is 180 g/mol. The van der Waals surface area contributed by atoms with Crippen LogP contribution in [0.5, 0.6) is 0 Å². The highest BCUT2D eigenvalue weighted by molar-refractivity contribution is 5.63. The summed E-state index contributed by atoms with van der Waals surface area (Å²) in [4.78, 5) is 10.2. The molecule has 0 heterocycles. The predicted molar refractivity (Wildman–Crippen MR) is 37.2 cm³/mol. The van der Waals surface area contributed by atoms with Gasteiger partial charge in [-0.25, -0.2) is 0 Å². The molecule has 6 heteroatoms. The lowest BCUT2D eigenvalue weighted by molar-refractivity contribution is -0.162. The van der Waals surface area contributed by atoms with Gasteiger partial charge in [-0.2, -0.15) is 0 Å². The second kappa shape index (κ2) is 4.48. The Morgan fingerprint density at radius 1 is 1.33 bits per heavy atom. The van der Waals surface area contributed by atoms with Crippen LogP contribution >= 0.6 is 0 Å². The van der Waals surface area contributed by atoms with Crippen molar-refractivity contribution in [2.75, 3.05) is 13.2 Å². The fourth-order valence-corrected chi connectivity index (χ4v) is 0.634. The SMILES string of the molecule is O=C[C@@](O)(CO)[C@@H](O)[C@H](O)CO. The summed E-state index contributed by atoms with van der Waals surface area (Å²) in [5.74, 6) is 0. The summed E-state index contributed by atoms with van der Waals surface area (Å²) in [6.07, 6.45) is -3.64. The third kappa shape index (κ3) is 2.23. The monoisotopic (exact) mass is 180 g/mol. The number of hydrogen-bond acceptors (Lipinski definition) is 6. The highest BCUT2D eigenvalue weighted by Crippen LogP contribution is 2.10. The first-order chi connectivity index (χ1) is 5.51. The van der Waals surface area contributed by atoms with Crippen LogP contribution in [0.15, 0.2) is 0 Å². The van der Waals surface area contributed by atoms with Crippen LogP contribution in [0.4, 0.5) is 0 Å². The van der Waals surface area contributed by atoms with Gasteiger partial charge in [0.1, 0.15) is 12.2 Å². The minimum atomic E-state index is -2.41. The van der Waals surface area contributed by atoms with Crippen molar-refractivity contribution in [2.24, 2.45) is 0 Å². The van der Waals surface area contributed by atoms with E-state index in [1.807, 2.05) is 0 Å². The van der Waals surface area contributed by atoms with E-state index < -0.39 is 31.0 Å². The van der Waals surface area contributed by atoms with Gasteiger partial charge in [0, 0.05) is 0 Å². The zero-order valence-corrected chi connectivity index (χ0v) is 6.29. The molecule has 0 rings (SSSR count). The molecule has 12 heavy (non-hydrogen) atoms. The summed E-state index contributed by atoms with van der Waals surface area (Å²) in [5.41, 5.74) is -2.41. The number of aldehydes is 1. The third-order valence-corrected chi connectivity index (χ3v) is 1.52. The van der Waals surface area contributed by atoms with Gasteiger partial charge in [0.15, 0.2) is 11.9 Å². The highest BCUT2D eigenvalue weighted by Gasteiger charge is 2.39. The molecule has 0 saturated heterocycles. The van der Waals surface area contributed by atoms with Crippen LogP contribution in [0, 0.1) is 0 Å². The zero-order chi connectivity index (χ0) is 9.78. The third-order valence-electron chi connectivity index (χ3n) is 1.52. The van der Waals surface area contributed by atoms with Gasteiger partial charge in [0.25, 0.3) is 0 Å². The van der Waals surface area contributed by atoms with Crippen molar-refractivity contribution in [2.45, 2.75) is 17.8 Å². The van der Waals surface area contributed by atoms with E-state index in [1.54, 1.807) is 0 Å². The number of hydrogen-bond donors (Lipinski definition) is 5. The Morgan fingerprint density at radius 2 is 1.83 bits per heavy atom. The van der Waals surface area contributed by atoms with E-state index in [0.29, 0.717) is 0 Å². The summed E-state index contributed by atoms with van der Waals surface area (Å²) in [6, 6.07) is 0. The van der Waals surface area contributed by atoms with Crippen LogP contribution in [0.3, 0.4) is 0 Å². The van der Waals surface area contributed by atoms with E-state index in [-0.39, 0.29) is 6.29 Å². The van der Waals surface area contributed by atoms with E-state index in [1.165, 1.54) is 0 Å². The standard InChI is InChI=1S/C6H12O6/c7-1-4(10)5(11)6(12,2-8)3-9/h2,4-5,7,9-12H,1,3H2/t4-,5+,6-/m1/s1. The molecular formula is C6H12O6. The molecule has 0 aliphatic rings. The van der Waals surface area contributed by atoms with Gasteiger partial charge in [-0.05, 0) is 0 Å². The smallest absolute Gasteiger partial charge is 0.171 e. The van der Waals surface area contributed by atoms with E-state index in [9.17, 15) is 4.79 Å². The first-order valence-electron chi connectivity index (χ1n) is 3.28. The van der Waals surface area contributed by atoms with E-state index in [4.69, 9.17) is 25.5 Å². The van der Waals surface area contributed by atoms with Crippen molar-refractivity contribution < 1.29 is 30.3 Å². The fourth-order valence-electron chi connectivity index (χ4n) is 0.634. The number of carbonyl (C=O) groups is 1. The summed E-state index contributed by atoms with van der Waals surface area (Å²) < 4.78 is 0. The fraction of sp³-hybridized carbons (Fsp3) is 0.833. The molecule has 0 bridgehead atoms. The minimum Gasteiger partial charge on any atom is -0.394 e. The van der Waals surface area contributed by atoms with E-state index >= 15 is 0 Å². The van der Waals surface area contributed by atoms with Crippen molar-refractivity contribution in [3.8, 4) is 0 Å². The molecule has 0 spiro atoms. The molecule has 0 aromatic rings. The molecule has 0 aromatic heterocycles. The Morgan fingerprint density at radius 3 is 2.08 bits per heavy atom. The topological polar surface area (TPSA) is 118 Å². The predicted octanol–water partition coefficient (Wildman–Crippen LogP) is -3.38. The first-order valence-corrected chi connectivity index (χ1v) is 3.28. The molecule has 0 fully saturated rings. The minimum absolute atomic E-state index is 0.0868. The van der Waals surface area contributed by atoms with Gasteiger partial charge in [-0.15, -0.1) is 0 Å². The molecule has 5 N–H and O–H groups in total. The van der Waals surface area contributed by atoms with Gasteiger partial charge in [-0.3, -0.25) is 4.79 Å². The molecule has 3 atom stereocenters. The Labute approximate surface area is 68.7 Å². The molecule has 0 amide bonds. The number of carbonyl (C=O) groups excluding carboxylic acids is 1. The van der Waals surface area contributed by atoms with Crippen LogP contribution < -0.4 is 0 Å². The number of aliphatic hydroxyl groups is 5. The lowest BCUT2D eigenvalue weighted by Gasteiger charge is -2.27. The van der Waals surface area contributed by atoms with Crippen molar-refractivity contribution >= 4 is 6.29 Å². The summed E-state index contributed by atoms with van der Waals surface area (Å²) >= 11 is 0. The average Bonchev–Trinajstić information content (AvgIpc) is 2.14. The molecule has 0 aliphatic heterocycles. The van der Waals surface area contributed by atoms with E-state index in [2.05, 4.69) is 0 Å². The first kappa shape index (κ1) is 11.5. The summed E-state index contributed by atoms with van der Waals surface area (Å²) in [6.45, 7) is -1.83.